The van der Waals surface area contributed by atoms with Crippen molar-refractivity contribution >= 4 is 28.4 Å². The van der Waals surface area contributed by atoms with Crippen LogP contribution in [0.2, 0.25) is 0 Å². The van der Waals surface area contributed by atoms with Gasteiger partial charge in [-0.25, -0.2) is 4.79 Å². The molecule has 3 rings (SSSR count). The molecule has 0 radical (unpaired) electrons. The van der Waals surface area contributed by atoms with Crippen LogP contribution >= 0.6 is 0 Å². The second-order valence-corrected chi connectivity index (χ2v) is 5.72. The maximum absolute atomic E-state index is 12.0. The van der Waals surface area contributed by atoms with E-state index in [-0.39, 0.29) is 30.1 Å². The summed E-state index contributed by atoms with van der Waals surface area (Å²) in [4.78, 5) is 38.3. The fourth-order valence-electron chi connectivity index (χ4n) is 2.61. The number of aromatic nitrogens is 2. The van der Waals surface area contributed by atoms with Crippen LogP contribution in [0.4, 0.5) is 11.4 Å². The Morgan fingerprint density at radius 3 is 2.92 bits per heavy atom. The van der Waals surface area contributed by atoms with Gasteiger partial charge in [0.15, 0.2) is 5.58 Å². The third-order valence-corrected chi connectivity index (χ3v) is 3.93. The number of pyridine rings is 1. The predicted molar refractivity (Wildman–Crippen MR) is 94.0 cm³/mol. The average molecular weight is 356 g/mol. The number of hydrogen-bond acceptors (Lipinski definition) is 6. The number of benzene rings is 1. The van der Waals surface area contributed by atoms with Gasteiger partial charge in [0.05, 0.1) is 27.9 Å². The van der Waals surface area contributed by atoms with E-state index >= 15 is 0 Å². The normalized spacial score (nSPS) is 10.8. The standard InChI is InChI=1S/C17H16N4O5/c1-11-13(4-2-8-18-11)19-16(22)5-3-9-20-14-7-6-12(21(24)25)10-15(14)26-17(20)23/h2,4,6-8,10H,3,5,9H2,1H3,(H,19,22). The molecule has 0 fully saturated rings. The molecule has 26 heavy (non-hydrogen) atoms. The topological polar surface area (TPSA) is 120 Å². The van der Waals surface area contributed by atoms with E-state index in [4.69, 9.17) is 4.42 Å². The molecule has 1 aromatic carbocycles. The molecule has 0 saturated heterocycles. The van der Waals surface area contributed by atoms with E-state index in [1.54, 1.807) is 25.3 Å². The maximum Gasteiger partial charge on any atom is 0.419 e. The number of hydrogen-bond donors (Lipinski definition) is 1. The van der Waals surface area contributed by atoms with Gasteiger partial charge in [0.25, 0.3) is 5.69 Å². The number of anilines is 1. The highest BCUT2D eigenvalue weighted by Crippen LogP contribution is 2.20. The highest BCUT2D eigenvalue weighted by Gasteiger charge is 2.14. The molecule has 0 spiro atoms. The highest BCUT2D eigenvalue weighted by molar-refractivity contribution is 5.91. The Morgan fingerprint density at radius 1 is 1.38 bits per heavy atom. The summed E-state index contributed by atoms with van der Waals surface area (Å²) in [5.41, 5.74) is 1.84. The molecule has 2 aromatic heterocycles. The van der Waals surface area contributed by atoms with E-state index in [1.165, 1.54) is 22.8 Å². The van der Waals surface area contributed by atoms with Gasteiger partial charge in [-0.1, -0.05) is 0 Å². The highest BCUT2D eigenvalue weighted by atomic mass is 16.6. The second-order valence-electron chi connectivity index (χ2n) is 5.72. The molecule has 0 aliphatic heterocycles. The van der Waals surface area contributed by atoms with Gasteiger partial charge < -0.3 is 9.73 Å². The summed E-state index contributed by atoms with van der Waals surface area (Å²) in [7, 11) is 0. The first-order valence-electron chi connectivity index (χ1n) is 7.95. The van der Waals surface area contributed by atoms with Gasteiger partial charge in [-0.15, -0.1) is 0 Å². The summed E-state index contributed by atoms with van der Waals surface area (Å²) in [5, 5.41) is 13.6. The van der Waals surface area contributed by atoms with Crippen LogP contribution in [-0.4, -0.2) is 20.4 Å². The lowest BCUT2D eigenvalue weighted by molar-refractivity contribution is -0.384. The number of nitro groups is 1. The van der Waals surface area contributed by atoms with E-state index in [9.17, 15) is 19.7 Å². The number of rotatable bonds is 6. The van der Waals surface area contributed by atoms with Gasteiger partial charge in [0, 0.05) is 25.2 Å². The number of carbonyl (C=O) groups excluding carboxylic acids is 1. The summed E-state index contributed by atoms with van der Waals surface area (Å²) in [6.07, 6.45) is 2.27. The van der Waals surface area contributed by atoms with Crippen molar-refractivity contribution in [2.24, 2.45) is 0 Å². The molecule has 0 aliphatic rings. The van der Waals surface area contributed by atoms with Gasteiger partial charge in [0.2, 0.25) is 5.91 Å². The Morgan fingerprint density at radius 2 is 2.19 bits per heavy atom. The lowest BCUT2D eigenvalue weighted by Gasteiger charge is -2.07. The first-order valence-corrected chi connectivity index (χ1v) is 7.95. The van der Waals surface area contributed by atoms with E-state index in [2.05, 4.69) is 10.3 Å². The van der Waals surface area contributed by atoms with E-state index in [0.29, 0.717) is 17.6 Å². The zero-order valence-electron chi connectivity index (χ0n) is 14.0. The zero-order chi connectivity index (χ0) is 18.7. The number of nitrogens with one attached hydrogen (secondary N) is 1. The number of aryl methyl sites for hydroxylation is 2. The van der Waals surface area contributed by atoms with Crippen LogP contribution in [-0.2, 0) is 11.3 Å². The number of non-ortho nitro benzene ring substituents is 1. The number of amides is 1. The number of oxazole rings is 1. The fourth-order valence-corrected chi connectivity index (χ4v) is 2.61. The lowest BCUT2D eigenvalue weighted by atomic mass is 10.2. The summed E-state index contributed by atoms with van der Waals surface area (Å²) in [6, 6.07) is 7.49. The summed E-state index contributed by atoms with van der Waals surface area (Å²) in [6.45, 7) is 2.06. The molecule has 0 saturated carbocycles. The minimum absolute atomic E-state index is 0.149. The molecule has 0 bridgehead atoms. The molecule has 2 heterocycles. The third-order valence-electron chi connectivity index (χ3n) is 3.93. The Bertz CT molecular complexity index is 1040. The van der Waals surface area contributed by atoms with Crippen LogP contribution in [0.5, 0.6) is 0 Å². The molecule has 9 heteroatoms. The Balaban J connectivity index is 1.65. The number of carbonyl (C=O) groups is 1. The minimum atomic E-state index is -0.607. The van der Waals surface area contributed by atoms with Crippen molar-refractivity contribution in [1.82, 2.24) is 9.55 Å². The first kappa shape index (κ1) is 17.3. The fraction of sp³-hybridized carbons (Fsp3) is 0.235. The van der Waals surface area contributed by atoms with Crippen LogP contribution in [0.25, 0.3) is 11.1 Å². The van der Waals surface area contributed by atoms with Crippen molar-refractivity contribution in [3.63, 3.8) is 0 Å². The Kier molecular flexibility index (Phi) is 4.78. The molecule has 1 amide bonds. The van der Waals surface area contributed by atoms with Crippen molar-refractivity contribution in [2.75, 3.05) is 5.32 Å². The second kappa shape index (κ2) is 7.18. The molecular formula is C17H16N4O5. The Labute approximate surface area is 147 Å². The van der Waals surface area contributed by atoms with Crippen molar-refractivity contribution in [3.8, 4) is 0 Å². The lowest BCUT2D eigenvalue weighted by Crippen LogP contribution is -2.17. The summed E-state index contributed by atoms with van der Waals surface area (Å²) in [5.74, 6) is -0.790. The van der Waals surface area contributed by atoms with Gasteiger partial charge in [0.1, 0.15) is 0 Å². The van der Waals surface area contributed by atoms with Crippen molar-refractivity contribution in [2.45, 2.75) is 26.3 Å². The van der Waals surface area contributed by atoms with Gasteiger partial charge in [-0.3, -0.25) is 24.5 Å². The maximum atomic E-state index is 12.0. The smallest absolute Gasteiger partial charge is 0.407 e. The SMILES string of the molecule is Cc1ncccc1NC(=O)CCCn1c(=O)oc2cc([N+](=O)[O-])ccc21. The Hall–Kier alpha value is -3.49. The van der Waals surface area contributed by atoms with Gasteiger partial charge >= 0.3 is 5.76 Å². The third kappa shape index (κ3) is 3.61. The molecular weight excluding hydrogens is 340 g/mol. The summed E-state index contributed by atoms with van der Waals surface area (Å²) >= 11 is 0. The number of nitrogens with zero attached hydrogens (tertiary/aromatic N) is 3. The van der Waals surface area contributed by atoms with Crippen molar-refractivity contribution < 1.29 is 14.1 Å². The number of nitro benzene ring substituents is 1. The van der Waals surface area contributed by atoms with Gasteiger partial charge in [-0.05, 0) is 31.5 Å². The van der Waals surface area contributed by atoms with Crippen molar-refractivity contribution in [3.05, 3.63) is 62.9 Å². The molecule has 134 valence electrons. The minimum Gasteiger partial charge on any atom is -0.407 e. The van der Waals surface area contributed by atoms with Crippen LogP contribution in [0.3, 0.4) is 0 Å². The molecule has 0 unspecified atom stereocenters. The van der Waals surface area contributed by atoms with Gasteiger partial charge in [-0.2, -0.15) is 0 Å². The quantitative estimate of drug-likeness (QED) is 0.535. The van der Waals surface area contributed by atoms with Crippen molar-refractivity contribution in [1.29, 1.82) is 0 Å². The average Bonchev–Trinajstić information content (AvgIpc) is 2.91. The van der Waals surface area contributed by atoms with Crippen LogP contribution in [0, 0.1) is 17.0 Å². The van der Waals surface area contributed by atoms with Crippen LogP contribution in [0.1, 0.15) is 18.5 Å². The zero-order valence-corrected chi connectivity index (χ0v) is 14.0. The monoisotopic (exact) mass is 356 g/mol. The first-order chi connectivity index (χ1) is 12.5. The molecule has 1 N–H and O–H groups in total. The van der Waals surface area contributed by atoms with E-state index < -0.39 is 10.7 Å². The number of fused-ring (bicyclic) bond motifs is 1. The van der Waals surface area contributed by atoms with E-state index in [1.807, 2.05) is 0 Å². The summed E-state index contributed by atoms with van der Waals surface area (Å²) < 4.78 is 6.42. The largest absolute Gasteiger partial charge is 0.419 e. The molecule has 9 nitrogen and oxygen atoms in total. The molecule has 0 aliphatic carbocycles. The molecule has 3 aromatic rings. The van der Waals surface area contributed by atoms with Crippen LogP contribution in [0.15, 0.2) is 45.7 Å². The predicted octanol–water partition coefficient (Wildman–Crippen LogP) is 2.63. The van der Waals surface area contributed by atoms with E-state index in [0.717, 1.165) is 5.69 Å². The molecule has 0 atom stereocenters. The van der Waals surface area contributed by atoms with Crippen LogP contribution < -0.4 is 11.1 Å².